The summed E-state index contributed by atoms with van der Waals surface area (Å²) in [7, 11) is 8.01. The normalized spacial score (nSPS) is 10.1. The molecule has 3 heteroatoms. The van der Waals surface area contributed by atoms with Gasteiger partial charge in [0.1, 0.15) is 0 Å². The van der Waals surface area contributed by atoms with Gasteiger partial charge in [0.15, 0.2) is 0 Å². The Morgan fingerprint density at radius 2 is 1.14 bits per heavy atom. The standard InChI is InChI=1S/C25H28N2O/c1-26(2)18-5-7-21-9-13-23(14-10-21)25(17-20-28)24-15-11-22(12-16-24)8-6-19-27(3)4/h9-17,28H,18-20H2,1-4H3. The van der Waals surface area contributed by atoms with Gasteiger partial charge in [0.2, 0.25) is 0 Å². The molecule has 0 spiro atoms. The highest BCUT2D eigenvalue weighted by Crippen LogP contribution is 2.24. The predicted molar refractivity (Wildman–Crippen MR) is 118 cm³/mol. The van der Waals surface area contributed by atoms with Crippen molar-refractivity contribution in [3.63, 3.8) is 0 Å². The van der Waals surface area contributed by atoms with Crippen molar-refractivity contribution >= 4 is 5.57 Å². The first kappa shape index (κ1) is 21.5. The fourth-order valence-electron chi connectivity index (χ4n) is 2.56. The van der Waals surface area contributed by atoms with E-state index in [9.17, 15) is 5.11 Å². The maximum Gasteiger partial charge on any atom is 0.0621 e. The van der Waals surface area contributed by atoms with Crippen molar-refractivity contribution in [3.8, 4) is 23.7 Å². The molecule has 144 valence electrons. The van der Waals surface area contributed by atoms with Crippen LogP contribution < -0.4 is 0 Å². The summed E-state index contributed by atoms with van der Waals surface area (Å²) in [5, 5.41) is 9.47. The number of benzene rings is 2. The molecule has 28 heavy (non-hydrogen) atoms. The first-order valence-corrected chi connectivity index (χ1v) is 9.28. The van der Waals surface area contributed by atoms with Crippen LogP contribution in [-0.2, 0) is 0 Å². The molecule has 3 nitrogen and oxygen atoms in total. The summed E-state index contributed by atoms with van der Waals surface area (Å²) in [6, 6.07) is 16.3. The minimum absolute atomic E-state index is 0.00980. The van der Waals surface area contributed by atoms with E-state index in [-0.39, 0.29) is 6.61 Å². The fourth-order valence-corrected chi connectivity index (χ4v) is 2.56. The van der Waals surface area contributed by atoms with Crippen LogP contribution >= 0.6 is 0 Å². The number of rotatable bonds is 5. The quantitative estimate of drug-likeness (QED) is 0.818. The summed E-state index contributed by atoms with van der Waals surface area (Å²) >= 11 is 0. The third kappa shape index (κ3) is 7.06. The zero-order valence-corrected chi connectivity index (χ0v) is 17.2. The van der Waals surface area contributed by atoms with Gasteiger partial charge < -0.3 is 5.11 Å². The fraction of sp³-hybridized carbons (Fsp3) is 0.280. The third-order valence-corrected chi connectivity index (χ3v) is 3.94. The van der Waals surface area contributed by atoms with Gasteiger partial charge in [-0.1, -0.05) is 54.0 Å². The van der Waals surface area contributed by atoms with Crippen LogP contribution in [0.25, 0.3) is 5.57 Å². The van der Waals surface area contributed by atoms with E-state index < -0.39 is 0 Å². The Morgan fingerprint density at radius 1 is 0.750 bits per heavy atom. The van der Waals surface area contributed by atoms with Crippen molar-refractivity contribution in [2.75, 3.05) is 47.9 Å². The zero-order chi connectivity index (χ0) is 20.4. The summed E-state index contributed by atoms with van der Waals surface area (Å²) in [5.41, 5.74) is 5.08. The highest BCUT2D eigenvalue weighted by Gasteiger charge is 2.05. The average molecular weight is 373 g/mol. The van der Waals surface area contributed by atoms with Crippen molar-refractivity contribution < 1.29 is 5.11 Å². The smallest absolute Gasteiger partial charge is 0.0621 e. The van der Waals surface area contributed by atoms with Gasteiger partial charge in [-0.15, -0.1) is 0 Å². The van der Waals surface area contributed by atoms with Gasteiger partial charge in [-0.05, 0) is 69.2 Å². The molecule has 0 radical (unpaired) electrons. The first-order chi connectivity index (χ1) is 13.5. The molecule has 0 unspecified atom stereocenters. The Labute approximate surface area is 169 Å². The molecule has 0 atom stereocenters. The predicted octanol–water partition coefficient (Wildman–Crippen LogP) is 2.94. The van der Waals surface area contributed by atoms with Crippen molar-refractivity contribution in [3.05, 3.63) is 76.9 Å². The van der Waals surface area contributed by atoms with Crippen LogP contribution in [0.3, 0.4) is 0 Å². The Morgan fingerprint density at radius 3 is 1.46 bits per heavy atom. The molecule has 2 aromatic rings. The molecule has 2 rings (SSSR count). The maximum absolute atomic E-state index is 9.47. The van der Waals surface area contributed by atoms with Crippen molar-refractivity contribution in [2.45, 2.75) is 0 Å². The molecular weight excluding hydrogens is 344 g/mol. The molecule has 0 bridgehead atoms. The SMILES string of the molecule is CN(C)CC#Cc1ccc(C(=CCO)c2ccc(C#CCN(C)C)cc2)cc1. The van der Waals surface area contributed by atoms with E-state index in [1.54, 1.807) is 0 Å². The second kappa shape index (κ2) is 11.1. The van der Waals surface area contributed by atoms with E-state index in [0.717, 1.165) is 40.9 Å². The molecule has 0 amide bonds. The maximum atomic E-state index is 9.47. The lowest BCUT2D eigenvalue weighted by molar-refractivity contribution is 0.343. The van der Waals surface area contributed by atoms with Crippen LogP contribution in [-0.4, -0.2) is 62.8 Å². The van der Waals surface area contributed by atoms with E-state index in [1.807, 2.05) is 92.6 Å². The zero-order valence-electron chi connectivity index (χ0n) is 17.2. The molecule has 0 saturated heterocycles. The van der Waals surface area contributed by atoms with Gasteiger partial charge in [-0.2, -0.15) is 0 Å². The largest absolute Gasteiger partial charge is 0.392 e. The van der Waals surface area contributed by atoms with Crippen LogP contribution in [0.2, 0.25) is 0 Å². The number of aliphatic hydroxyl groups is 1. The van der Waals surface area contributed by atoms with Crippen molar-refractivity contribution in [1.29, 1.82) is 0 Å². The highest BCUT2D eigenvalue weighted by atomic mass is 16.2. The molecule has 1 N–H and O–H groups in total. The Bertz CT molecular complexity index is 826. The Balaban J connectivity index is 2.19. The molecule has 0 aliphatic rings. The summed E-state index contributed by atoms with van der Waals surface area (Å²) in [4.78, 5) is 4.08. The molecule has 0 aliphatic carbocycles. The summed E-state index contributed by atoms with van der Waals surface area (Å²) < 4.78 is 0. The van der Waals surface area contributed by atoms with Gasteiger partial charge in [0, 0.05) is 11.1 Å². The average Bonchev–Trinajstić information content (AvgIpc) is 2.67. The molecule has 0 fully saturated rings. The first-order valence-electron chi connectivity index (χ1n) is 9.28. The topological polar surface area (TPSA) is 26.7 Å². The monoisotopic (exact) mass is 372 g/mol. The van der Waals surface area contributed by atoms with E-state index in [0.29, 0.717) is 0 Å². The minimum Gasteiger partial charge on any atom is -0.392 e. The Kier molecular flexibility index (Phi) is 8.53. The minimum atomic E-state index is -0.00980. The molecular formula is C25H28N2O. The van der Waals surface area contributed by atoms with E-state index in [2.05, 4.69) is 23.7 Å². The van der Waals surface area contributed by atoms with Crippen LogP contribution in [0, 0.1) is 23.7 Å². The molecule has 0 aromatic heterocycles. The summed E-state index contributed by atoms with van der Waals surface area (Å²) in [6.07, 6.45) is 1.83. The number of nitrogens with zero attached hydrogens (tertiary/aromatic N) is 2. The van der Waals surface area contributed by atoms with Crippen LogP contribution in [0.1, 0.15) is 22.3 Å². The van der Waals surface area contributed by atoms with Crippen LogP contribution in [0.4, 0.5) is 0 Å². The third-order valence-electron chi connectivity index (χ3n) is 3.94. The second-order valence-electron chi connectivity index (χ2n) is 7.03. The van der Waals surface area contributed by atoms with E-state index in [1.165, 1.54) is 0 Å². The Hall–Kier alpha value is -2.82. The van der Waals surface area contributed by atoms with Gasteiger partial charge in [-0.3, -0.25) is 9.80 Å². The molecule has 2 aromatic carbocycles. The lowest BCUT2D eigenvalue weighted by Gasteiger charge is -2.09. The van der Waals surface area contributed by atoms with E-state index in [4.69, 9.17) is 0 Å². The van der Waals surface area contributed by atoms with Crippen molar-refractivity contribution in [2.24, 2.45) is 0 Å². The number of aliphatic hydroxyl groups excluding tert-OH is 1. The summed E-state index contributed by atoms with van der Waals surface area (Å²) in [5.74, 6) is 12.6. The lowest BCUT2D eigenvalue weighted by atomic mass is 9.96. The highest BCUT2D eigenvalue weighted by molar-refractivity contribution is 5.80. The molecule has 0 aliphatic heterocycles. The molecule has 0 heterocycles. The van der Waals surface area contributed by atoms with Gasteiger partial charge >= 0.3 is 0 Å². The van der Waals surface area contributed by atoms with Crippen LogP contribution in [0.5, 0.6) is 0 Å². The van der Waals surface area contributed by atoms with Crippen LogP contribution in [0.15, 0.2) is 54.6 Å². The van der Waals surface area contributed by atoms with Crippen molar-refractivity contribution in [1.82, 2.24) is 9.80 Å². The number of hydrogen-bond donors (Lipinski definition) is 1. The summed E-state index contributed by atoms with van der Waals surface area (Å²) in [6.45, 7) is 1.46. The van der Waals surface area contributed by atoms with Gasteiger partial charge in [-0.25, -0.2) is 0 Å². The molecule has 0 saturated carbocycles. The van der Waals surface area contributed by atoms with Gasteiger partial charge in [0.05, 0.1) is 19.7 Å². The van der Waals surface area contributed by atoms with E-state index >= 15 is 0 Å². The second-order valence-corrected chi connectivity index (χ2v) is 7.03. The van der Waals surface area contributed by atoms with Gasteiger partial charge in [0.25, 0.3) is 0 Å². The lowest BCUT2D eigenvalue weighted by Crippen LogP contribution is -2.10. The number of hydrogen-bond acceptors (Lipinski definition) is 3.